The van der Waals surface area contributed by atoms with Crippen molar-refractivity contribution in [2.45, 2.75) is 12.5 Å². The van der Waals surface area contributed by atoms with Crippen LogP contribution in [-0.4, -0.2) is 20.8 Å². The lowest BCUT2D eigenvalue weighted by Gasteiger charge is -2.16. The highest BCUT2D eigenvalue weighted by molar-refractivity contribution is 5.30. The second-order valence-corrected chi connectivity index (χ2v) is 3.39. The molecule has 0 bridgehead atoms. The van der Waals surface area contributed by atoms with Gasteiger partial charge in [0, 0.05) is 19.8 Å². The third kappa shape index (κ3) is 3.16. The van der Waals surface area contributed by atoms with E-state index in [4.69, 9.17) is 15.3 Å². The maximum absolute atomic E-state index is 13.4. The van der Waals surface area contributed by atoms with Crippen molar-refractivity contribution >= 4 is 0 Å². The summed E-state index contributed by atoms with van der Waals surface area (Å²) in [6, 6.07) is 4.66. The first kappa shape index (κ1) is 12.9. The summed E-state index contributed by atoms with van der Waals surface area (Å²) >= 11 is 0. The molecule has 16 heavy (non-hydrogen) atoms. The van der Waals surface area contributed by atoms with Crippen molar-refractivity contribution in [1.29, 1.82) is 0 Å². The van der Waals surface area contributed by atoms with Crippen LogP contribution in [0, 0.1) is 5.82 Å². The molecule has 1 unspecified atom stereocenters. The van der Waals surface area contributed by atoms with Crippen LogP contribution in [0.2, 0.25) is 0 Å². The molecule has 0 aromatic heterocycles. The van der Waals surface area contributed by atoms with E-state index in [0.717, 1.165) is 5.56 Å². The average Bonchev–Trinajstić information content (AvgIpc) is 2.30. The average molecular weight is 228 g/mol. The number of benzene rings is 1. The summed E-state index contributed by atoms with van der Waals surface area (Å²) < 4.78 is 23.2. The van der Waals surface area contributed by atoms with Crippen LogP contribution < -0.4 is 16.0 Å². The minimum absolute atomic E-state index is 0.125. The predicted octanol–water partition coefficient (Wildman–Crippen LogP) is 1.38. The molecule has 0 amide bonds. The lowest BCUT2D eigenvalue weighted by Crippen LogP contribution is -2.29. The molecule has 1 atom stereocenters. The molecule has 5 heteroatoms. The van der Waals surface area contributed by atoms with Crippen molar-refractivity contribution in [3.8, 4) is 5.75 Å². The van der Waals surface area contributed by atoms with E-state index in [9.17, 15) is 4.39 Å². The zero-order valence-electron chi connectivity index (χ0n) is 9.50. The minimum atomic E-state index is -0.391. The van der Waals surface area contributed by atoms with Crippen molar-refractivity contribution in [2.24, 2.45) is 5.84 Å². The Bertz CT molecular complexity index is 334. The smallest absolute Gasteiger partial charge is 0.165 e. The Kier molecular flexibility index (Phi) is 5.18. The van der Waals surface area contributed by atoms with Crippen molar-refractivity contribution < 1.29 is 13.9 Å². The minimum Gasteiger partial charge on any atom is -0.494 e. The van der Waals surface area contributed by atoms with Gasteiger partial charge in [-0.15, -0.1) is 0 Å². The van der Waals surface area contributed by atoms with Crippen LogP contribution in [0.3, 0.4) is 0 Å². The van der Waals surface area contributed by atoms with E-state index in [0.29, 0.717) is 13.0 Å². The molecule has 0 aliphatic carbocycles. The first-order valence-electron chi connectivity index (χ1n) is 5.01. The lowest BCUT2D eigenvalue weighted by molar-refractivity contribution is 0.183. The first-order valence-corrected chi connectivity index (χ1v) is 5.01. The fourth-order valence-electron chi connectivity index (χ4n) is 1.48. The van der Waals surface area contributed by atoms with Gasteiger partial charge in [0.1, 0.15) is 0 Å². The molecule has 1 rings (SSSR count). The van der Waals surface area contributed by atoms with Crippen LogP contribution in [0.25, 0.3) is 0 Å². The van der Waals surface area contributed by atoms with Gasteiger partial charge in [-0.25, -0.2) is 4.39 Å². The van der Waals surface area contributed by atoms with Crippen molar-refractivity contribution in [3.63, 3.8) is 0 Å². The van der Waals surface area contributed by atoms with Crippen LogP contribution in [0.4, 0.5) is 4.39 Å². The van der Waals surface area contributed by atoms with Crippen LogP contribution in [0.5, 0.6) is 5.75 Å². The number of hydrogen-bond acceptors (Lipinski definition) is 4. The largest absolute Gasteiger partial charge is 0.494 e. The lowest BCUT2D eigenvalue weighted by atomic mass is 10.0. The van der Waals surface area contributed by atoms with Gasteiger partial charge in [-0.3, -0.25) is 11.3 Å². The Morgan fingerprint density at radius 1 is 1.44 bits per heavy atom. The van der Waals surface area contributed by atoms with Gasteiger partial charge in [0.05, 0.1) is 7.11 Å². The number of ether oxygens (including phenoxy) is 2. The Morgan fingerprint density at radius 2 is 2.19 bits per heavy atom. The molecule has 0 fully saturated rings. The molecule has 0 spiro atoms. The van der Waals surface area contributed by atoms with Gasteiger partial charge in [-0.2, -0.15) is 0 Å². The number of hydrazine groups is 1. The highest BCUT2D eigenvalue weighted by Crippen LogP contribution is 2.23. The summed E-state index contributed by atoms with van der Waals surface area (Å²) in [5.74, 6) is 5.24. The Hall–Kier alpha value is -1.17. The van der Waals surface area contributed by atoms with E-state index in [1.807, 2.05) is 0 Å². The summed E-state index contributed by atoms with van der Waals surface area (Å²) in [6.07, 6.45) is 0.679. The molecule has 4 nitrogen and oxygen atoms in total. The van der Waals surface area contributed by atoms with E-state index >= 15 is 0 Å². The molecule has 3 N–H and O–H groups in total. The number of methoxy groups -OCH3 is 2. The maximum atomic E-state index is 13.4. The number of nitrogens with two attached hydrogens (primary N) is 1. The van der Waals surface area contributed by atoms with Crippen LogP contribution in [-0.2, 0) is 4.74 Å². The molecule has 0 saturated heterocycles. The van der Waals surface area contributed by atoms with E-state index in [1.54, 1.807) is 19.2 Å². The quantitative estimate of drug-likeness (QED) is 0.570. The third-order valence-corrected chi connectivity index (χ3v) is 2.39. The van der Waals surface area contributed by atoms with Gasteiger partial charge >= 0.3 is 0 Å². The topological polar surface area (TPSA) is 56.5 Å². The second-order valence-electron chi connectivity index (χ2n) is 3.39. The molecule has 90 valence electrons. The second kappa shape index (κ2) is 6.42. The van der Waals surface area contributed by atoms with Crippen LogP contribution in [0.1, 0.15) is 18.0 Å². The fourth-order valence-corrected chi connectivity index (χ4v) is 1.48. The van der Waals surface area contributed by atoms with Crippen molar-refractivity contribution in [1.82, 2.24) is 5.43 Å². The first-order chi connectivity index (χ1) is 7.72. The molecule has 0 aliphatic heterocycles. The summed E-state index contributed by atoms with van der Waals surface area (Å²) in [6.45, 7) is 0.558. The van der Waals surface area contributed by atoms with Gasteiger partial charge in [-0.1, -0.05) is 6.07 Å². The monoisotopic (exact) mass is 228 g/mol. The van der Waals surface area contributed by atoms with E-state index in [-0.39, 0.29) is 11.8 Å². The Labute approximate surface area is 94.5 Å². The van der Waals surface area contributed by atoms with Gasteiger partial charge in [0.25, 0.3) is 0 Å². The molecule has 0 saturated carbocycles. The van der Waals surface area contributed by atoms with Crippen LogP contribution in [0.15, 0.2) is 18.2 Å². The highest BCUT2D eigenvalue weighted by atomic mass is 19.1. The molecule has 0 radical (unpaired) electrons. The van der Waals surface area contributed by atoms with E-state index in [2.05, 4.69) is 5.43 Å². The SMILES string of the molecule is COCCC(NN)c1ccc(OC)c(F)c1. The van der Waals surface area contributed by atoms with Crippen molar-refractivity contribution in [2.75, 3.05) is 20.8 Å². The zero-order chi connectivity index (χ0) is 12.0. The number of halogens is 1. The number of hydrogen-bond donors (Lipinski definition) is 2. The Morgan fingerprint density at radius 3 is 2.69 bits per heavy atom. The van der Waals surface area contributed by atoms with Gasteiger partial charge in [0.2, 0.25) is 0 Å². The fraction of sp³-hybridized carbons (Fsp3) is 0.455. The zero-order valence-corrected chi connectivity index (χ0v) is 9.50. The molecule has 1 aromatic carbocycles. The predicted molar refractivity (Wildman–Crippen MR) is 59.5 cm³/mol. The molecule has 0 aliphatic rings. The molecular weight excluding hydrogens is 211 g/mol. The standard InChI is InChI=1S/C11H17FN2O2/c1-15-6-5-10(14-13)8-3-4-11(16-2)9(12)7-8/h3-4,7,10,14H,5-6,13H2,1-2H3. The summed E-state index contributed by atoms with van der Waals surface area (Å²) in [4.78, 5) is 0. The van der Waals surface area contributed by atoms with Gasteiger partial charge < -0.3 is 9.47 Å². The van der Waals surface area contributed by atoms with E-state index < -0.39 is 5.82 Å². The highest BCUT2D eigenvalue weighted by Gasteiger charge is 2.12. The third-order valence-electron chi connectivity index (χ3n) is 2.39. The molecular formula is C11H17FN2O2. The normalized spacial score (nSPS) is 12.5. The van der Waals surface area contributed by atoms with Gasteiger partial charge in [-0.05, 0) is 24.1 Å². The number of rotatable bonds is 6. The molecule has 1 aromatic rings. The summed E-state index contributed by atoms with van der Waals surface area (Å²) in [7, 11) is 3.05. The van der Waals surface area contributed by atoms with Crippen LogP contribution >= 0.6 is 0 Å². The van der Waals surface area contributed by atoms with E-state index in [1.165, 1.54) is 13.2 Å². The summed E-state index contributed by atoms with van der Waals surface area (Å²) in [5.41, 5.74) is 3.41. The Balaban J connectivity index is 2.80. The number of nitrogens with one attached hydrogen (secondary N) is 1. The molecule has 0 heterocycles. The van der Waals surface area contributed by atoms with Crippen molar-refractivity contribution in [3.05, 3.63) is 29.6 Å². The maximum Gasteiger partial charge on any atom is 0.165 e. The summed E-state index contributed by atoms with van der Waals surface area (Å²) in [5, 5.41) is 0. The van der Waals surface area contributed by atoms with Gasteiger partial charge in [0.15, 0.2) is 11.6 Å².